The number of amides is 2. The van der Waals surface area contributed by atoms with E-state index in [-0.39, 0.29) is 17.7 Å². The summed E-state index contributed by atoms with van der Waals surface area (Å²) in [7, 11) is 0. The first-order valence-electron chi connectivity index (χ1n) is 8.53. The third-order valence-electron chi connectivity index (χ3n) is 5.11. The highest BCUT2D eigenvalue weighted by atomic mass is 79.9. The van der Waals surface area contributed by atoms with Crippen LogP contribution in [-0.2, 0) is 9.59 Å². The van der Waals surface area contributed by atoms with E-state index in [1.54, 1.807) is 0 Å². The zero-order valence-electron chi connectivity index (χ0n) is 13.7. The average Bonchev–Trinajstić information content (AvgIpc) is 2.55. The van der Waals surface area contributed by atoms with Crippen molar-refractivity contribution in [3.8, 4) is 0 Å². The first kappa shape index (κ1) is 16.3. The number of anilines is 1. The molecule has 2 aliphatic rings. The lowest BCUT2D eigenvalue weighted by atomic mass is 9.86. The van der Waals surface area contributed by atoms with Gasteiger partial charge in [0.15, 0.2) is 0 Å². The molecule has 2 aromatic carbocycles. The molecule has 0 saturated carbocycles. The van der Waals surface area contributed by atoms with Crippen molar-refractivity contribution in [2.75, 3.05) is 18.4 Å². The molecular formula is C20H19BrN2O2. The second-order valence-corrected chi connectivity index (χ2v) is 7.61. The van der Waals surface area contributed by atoms with Crippen LogP contribution in [0, 0.1) is 0 Å². The number of benzene rings is 2. The van der Waals surface area contributed by atoms with Crippen LogP contribution in [0.15, 0.2) is 53.0 Å². The molecule has 25 heavy (non-hydrogen) atoms. The van der Waals surface area contributed by atoms with Crippen molar-refractivity contribution in [2.45, 2.75) is 24.7 Å². The summed E-state index contributed by atoms with van der Waals surface area (Å²) in [5.41, 5.74) is 3.17. The molecule has 5 heteroatoms. The highest BCUT2D eigenvalue weighted by Gasteiger charge is 2.35. The molecule has 1 atom stereocenters. The Morgan fingerprint density at radius 3 is 2.52 bits per heavy atom. The van der Waals surface area contributed by atoms with Crippen molar-refractivity contribution in [3.63, 3.8) is 0 Å². The van der Waals surface area contributed by atoms with Gasteiger partial charge in [-0.25, -0.2) is 0 Å². The molecule has 1 N–H and O–H groups in total. The minimum absolute atomic E-state index is 0.00815. The summed E-state index contributed by atoms with van der Waals surface area (Å²) in [6.45, 7) is 1.50. The number of carbonyl (C=O) groups is 2. The third-order valence-corrected chi connectivity index (χ3v) is 5.83. The number of hydrogen-bond donors (Lipinski definition) is 1. The minimum atomic E-state index is -0.0278. The molecule has 0 aromatic heterocycles. The molecule has 2 aliphatic heterocycles. The van der Waals surface area contributed by atoms with E-state index in [1.807, 2.05) is 47.4 Å². The Hall–Kier alpha value is -2.14. The second kappa shape index (κ2) is 6.64. The number of nitrogens with zero attached hydrogens (tertiary/aromatic N) is 1. The molecule has 0 spiro atoms. The maximum absolute atomic E-state index is 12.7. The molecular weight excluding hydrogens is 380 g/mol. The van der Waals surface area contributed by atoms with Crippen molar-refractivity contribution < 1.29 is 9.59 Å². The van der Waals surface area contributed by atoms with E-state index in [0.717, 1.165) is 28.8 Å². The molecule has 1 unspecified atom stereocenters. The van der Waals surface area contributed by atoms with Crippen LogP contribution in [-0.4, -0.2) is 29.8 Å². The fraction of sp³-hybridized carbons (Fsp3) is 0.300. The Balaban J connectivity index is 1.41. The first-order valence-corrected chi connectivity index (χ1v) is 9.32. The third kappa shape index (κ3) is 3.21. The molecule has 2 amide bonds. The van der Waals surface area contributed by atoms with Gasteiger partial charge in [0.1, 0.15) is 0 Å². The predicted molar refractivity (Wildman–Crippen MR) is 101 cm³/mol. The standard InChI is InChI=1S/C20H19BrN2O2/c21-17-7-3-1-5-15(17)14-11-23(12-14)20(25)10-13-9-19(24)22-18-8-4-2-6-16(13)18/h1-8,13-14H,9-12H2,(H,22,24). The van der Waals surface area contributed by atoms with Crippen LogP contribution in [0.1, 0.15) is 35.8 Å². The van der Waals surface area contributed by atoms with Crippen molar-refractivity contribution in [3.05, 3.63) is 64.1 Å². The number of carbonyl (C=O) groups excluding carboxylic acids is 2. The van der Waals surface area contributed by atoms with Gasteiger partial charge in [-0.3, -0.25) is 9.59 Å². The molecule has 0 bridgehead atoms. The van der Waals surface area contributed by atoms with Gasteiger partial charge in [-0.1, -0.05) is 52.3 Å². The van der Waals surface area contributed by atoms with E-state index in [1.165, 1.54) is 5.56 Å². The van der Waals surface area contributed by atoms with Crippen LogP contribution < -0.4 is 5.32 Å². The average molecular weight is 399 g/mol. The van der Waals surface area contributed by atoms with Crippen molar-refractivity contribution >= 4 is 33.4 Å². The lowest BCUT2D eigenvalue weighted by Gasteiger charge is -2.41. The van der Waals surface area contributed by atoms with E-state index < -0.39 is 0 Å². The van der Waals surface area contributed by atoms with Gasteiger partial charge in [0, 0.05) is 47.9 Å². The lowest BCUT2D eigenvalue weighted by Crippen LogP contribution is -2.49. The number of rotatable bonds is 3. The SMILES string of the molecule is O=C1CC(CC(=O)N2CC(c3ccccc3Br)C2)c2ccccc2N1. The summed E-state index contributed by atoms with van der Waals surface area (Å²) in [5.74, 6) is 0.491. The van der Waals surface area contributed by atoms with E-state index in [9.17, 15) is 9.59 Å². The summed E-state index contributed by atoms with van der Waals surface area (Å²) in [4.78, 5) is 26.5. The molecule has 0 aliphatic carbocycles. The molecule has 128 valence electrons. The van der Waals surface area contributed by atoms with Crippen molar-refractivity contribution in [1.82, 2.24) is 4.90 Å². The monoisotopic (exact) mass is 398 g/mol. The topological polar surface area (TPSA) is 49.4 Å². The Labute approximate surface area is 155 Å². The number of likely N-dealkylation sites (tertiary alicyclic amines) is 1. The summed E-state index contributed by atoms with van der Waals surface area (Å²) in [6.07, 6.45) is 0.775. The van der Waals surface area contributed by atoms with Gasteiger partial charge in [0.25, 0.3) is 0 Å². The maximum atomic E-state index is 12.7. The van der Waals surface area contributed by atoms with Crippen LogP contribution in [0.25, 0.3) is 0 Å². The van der Waals surface area contributed by atoms with Gasteiger partial charge in [-0.2, -0.15) is 0 Å². The van der Waals surface area contributed by atoms with Gasteiger partial charge in [0.05, 0.1) is 0 Å². The highest BCUT2D eigenvalue weighted by molar-refractivity contribution is 9.10. The van der Waals surface area contributed by atoms with E-state index in [0.29, 0.717) is 18.8 Å². The number of fused-ring (bicyclic) bond motifs is 1. The zero-order chi connectivity index (χ0) is 17.4. The normalized spacial score (nSPS) is 19.8. The van der Waals surface area contributed by atoms with Crippen LogP contribution in [0.2, 0.25) is 0 Å². The number of para-hydroxylation sites is 1. The molecule has 1 saturated heterocycles. The minimum Gasteiger partial charge on any atom is -0.341 e. The lowest BCUT2D eigenvalue weighted by molar-refractivity contribution is -0.136. The molecule has 1 fully saturated rings. The summed E-state index contributed by atoms with van der Waals surface area (Å²) in [5, 5.41) is 2.89. The fourth-order valence-corrected chi connectivity index (χ4v) is 4.32. The molecule has 0 radical (unpaired) electrons. The zero-order valence-corrected chi connectivity index (χ0v) is 15.3. The predicted octanol–water partition coefficient (Wildman–Crippen LogP) is 3.89. The summed E-state index contributed by atoms with van der Waals surface area (Å²) >= 11 is 3.58. The fourth-order valence-electron chi connectivity index (χ4n) is 3.71. The smallest absolute Gasteiger partial charge is 0.225 e. The van der Waals surface area contributed by atoms with E-state index in [2.05, 4.69) is 27.3 Å². The van der Waals surface area contributed by atoms with Gasteiger partial charge in [0.2, 0.25) is 11.8 Å². The number of halogens is 1. The van der Waals surface area contributed by atoms with E-state index >= 15 is 0 Å². The first-order chi connectivity index (χ1) is 12.1. The Bertz CT molecular complexity index is 830. The Morgan fingerprint density at radius 2 is 1.76 bits per heavy atom. The van der Waals surface area contributed by atoms with Crippen molar-refractivity contribution in [2.24, 2.45) is 0 Å². The van der Waals surface area contributed by atoms with Crippen molar-refractivity contribution in [1.29, 1.82) is 0 Å². The van der Waals surface area contributed by atoms with Crippen LogP contribution in [0.3, 0.4) is 0 Å². The molecule has 2 aromatic rings. The maximum Gasteiger partial charge on any atom is 0.225 e. The summed E-state index contributed by atoms with van der Waals surface area (Å²) in [6, 6.07) is 15.9. The molecule has 4 nitrogen and oxygen atoms in total. The van der Waals surface area contributed by atoms with Crippen LogP contribution >= 0.6 is 15.9 Å². The van der Waals surface area contributed by atoms with Crippen LogP contribution in [0.4, 0.5) is 5.69 Å². The summed E-state index contributed by atoms with van der Waals surface area (Å²) < 4.78 is 1.10. The van der Waals surface area contributed by atoms with Gasteiger partial charge in [-0.15, -0.1) is 0 Å². The Morgan fingerprint density at radius 1 is 1.08 bits per heavy atom. The second-order valence-electron chi connectivity index (χ2n) is 6.76. The van der Waals surface area contributed by atoms with E-state index in [4.69, 9.17) is 0 Å². The molecule has 2 heterocycles. The van der Waals surface area contributed by atoms with Gasteiger partial charge >= 0.3 is 0 Å². The van der Waals surface area contributed by atoms with Crippen LogP contribution in [0.5, 0.6) is 0 Å². The number of hydrogen-bond acceptors (Lipinski definition) is 2. The molecule has 4 rings (SSSR count). The quantitative estimate of drug-likeness (QED) is 0.852. The Kier molecular flexibility index (Phi) is 4.34. The largest absolute Gasteiger partial charge is 0.341 e. The van der Waals surface area contributed by atoms with Gasteiger partial charge in [-0.05, 0) is 23.3 Å². The highest BCUT2D eigenvalue weighted by Crippen LogP contribution is 2.37. The van der Waals surface area contributed by atoms with Gasteiger partial charge < -0.3 is 10.2 Å². The number of nitrogens with one attached hydrogen (secondary N) is 1.